The van der Waals surface area contributed by atoms with Crippen molar-refractivity contribution in [2.24, 2.45) is 11.7 Å². The quantitative estimate of drug-likeness (QED) is 0.760. The maximum atomic E-state index is 12.7. The van der Waals surface area contributed by atoms with Crippen LogP contribution in [-0.2, 0) is 0 Å². The molecule has 3 nitrogen and oxygen atoms in total. The number of pyridine rings is 1. The van der Waals surface area contributed by atoms with Crippen LogP contribution in [-0.4, -0.2) is 24.1 Å². The summed E-state index contributed by atoms with van der Waals surface area (Å²) in [6, 6.07) is 3.45. The number of anilines is 1. The lowest BCUT2D eigenvalue weighted by Gasteiger charge is -2.35. The van der Waals surface area contributed by atoms with Crippen molar-refractivity contribution in [1.29, 1.82) is 0 Å². The molecule has 1 aliphatic rings. The Hall–Kier alpha value is -1.16. The first kappa shape index (κ1) is 10.4. The minimum absolute atomic E-state index is 0.279. The van der Waals surface area contributed by atoms with Gasteiger partial charge in [-0.05, 0) is 24.5 Å². The third-order valence-electron chi connectivity index (χ3n) is 3.01. The Balaban J connectivity index is 2.08. The van der Waals surface area contributed by atoms with Crippen LogP contribution in [0.2, 0.25) is 0 Å². The standard InChI is InChI=1S/C11H16FN3/c1-8-7-15(5-4-10(8)13)11-3-2-9(12)6-14-11/h2-3,6,8,10H,4-5,7,13H2,1H3. The van der Waals surface area contributed by atoms with Gasteiger partial charge >= 0.3 is 0 Å². The molecule has 1 aliphatic heterocycles. The van der Waals surface area contributed by atoms with Crippen LogP contribution in [0, 0.1) is 11.7 Å². The van der Waals surface area contributed by atoms with Gasteiger partial charge in [0.25, 0.3) is 0 Å². The Kier molecular flexibility index (Phi) is 2.86. The molecule has 0 saturated carbocycles. The molecule has 15 heavy (non-hydrogen) atoms. The smallest absolute Gasteiger partial charge is 0.141 e. The SMILES string of the molecule is CC1CN(c2ccc(F)cn2)CCC1N. The summed E-state index contributed by atoms with van der Waals surface area (Å²) in [6.07, 6.45) is 2.23. The van der Waals surface area contributed by atoms with Gasteiger partial charge < -0.3 is 10.6 Å². The van der Waals surface area contributed by atoms with Crippen LogP contribution in [0.4, 0.5) is 10.2 Å². The van der Waals surface area contributed by atoms with E-state index in [0.717, 1.165) is 25.3 Å². The van der Waals surface area contributed by atoms with Crippen molar-refractivity contribution in [3.05, 3.63) is 24.1 Å². The summed E-state index contributed by atoms with van der Waals surface area (Å²) in [5.74, 6) is 1.02. The molecule has 0 aromatic carbocycles. The summed E-state index contributed by atoms with van der Waals surface area (Å²) < 4.78 is 12.7. The van der Waals surface area contributed by atoms with Crippen LogP contribution < -0.4 is 10.6 Å². The fourth-order valence-electron chi connectivity index (χ4n) is 1.93. The zero-order chi connectivity index (χ0) is 10.8. The molecule has 0 amide bonds. The molecular formula is C11H16FN3. The van der Waals surface area contributed by atoms with E-state index in [2.05, 4.69) is 16.8 Å². The molecule has 2 heterocycles. The molecule has 2 N–H and O–H groups in total. The molecule has 0 radical (unpaired) electrons. The van der Waals surface area contributed by atoms with E-state index in [9.17, 15) is 4.39 Å². The second kappa shape index (κ2) is 4.14. The van der Waals surface area contributed by atoms with E-state index >= 15 is 0 Å². The molecule has 1 fully saturated rings. The molecule has 0 spiro atoms. The number of nitrogens with zero attached hydrogens (tertiary/aromatic N) is 2. The first-order valence-corrected chi connectivity index (χ1v) is 5.29. The van der Waals surface area contributed by atoms with E-state index in [1.807, 2.05) is 0 Å². The van der Waals surface area contributed by atoms with Gasteiger partial charge in [0, 0.05) is 19.1 Å². The average molecular weight is 209 g/mol. The largest absolute Gasteiger partial charge is 0.356 e. The Morgan fingerprint density at radius 3 is 2.93 bits per heavy atom. The van der Waals surface area contributed by atoms with Gasteiger partial charge in [-0.3, -0.25) is 0 Å². The summed E-state index contributed by atoms with van der Waals surface area (Å²) in [7, 11) is 0. The highest BCUT2D eigenvalue weighted by Crippen LogP contribution is 2.20. The summed E-state index contributed by atoms with van der Waals surface area (Å²) in [5.41, 5.74) is 5.94. The van der Waals surface area contributed by atoms with E-state index < -0.39 is 0 Å². The van der Waals surface area contributed by atoms with Crippen LogP contribution in [0.5, 0.6) is 0 Å². The molecule has 1 aromatic rings. The predicted molar refractivity (Wildman–Crippen MR) is 58.2 cm³/mol. The average Bonchev–Trinajstić information content (AvgIpc) is 2.23. The van der Waals surface area contributed by atoms with Crippen molar-refractivity contribution in [2.75, 3.05) is 18.0 Å². The van der Waals surface area contributed by atoms with Gasteiger partial charge in [-0.15, -0.1) is 0 Å². The van der Waals surface area contributed by atoms with Crippen LogP contribution in [0.3, 0.4) is 0 Å². The maximum absolute atomic E-state index is 12.7. The zero-order valence-electron chi connectivity index (χ0n) is 8.86. The first-order valence-electron chi connectivity index (χ1n) is 5.29. The summed E-state index contributed by atoms with van der Waals surface area (Å²) in [6.45, 7) is 3.95. The number of hydrogen-bond acceptors (Lipinski definition) is 3. The first-order chi connectivity index (χ1) is 7.16. The number of hydrogen-bond donors (Lipinski definition) is 1. The topological polar surface area (TPSA) is 42.2 Å². The lowest BCUT2D eigenvalue weighted by atomic mass is 9.95. The number of halogens is 1. The Bertz CT molecular complexity index is 325. The highest BCUT2D eigenvalue weighted by molar-refractivity contribution is 5.38. The molecular weight excluding hydrogens is 193 g/mol. The summed E-state index contributed by atoms with van der Waals surface area (Å²) >= 11 is 0. The molecule has 2 atom stereocenters. The van der Waals surface area contributed by atoms with Crippen molar-refractivity contribution in [3.8, 4) is 0 Å². The summed E-state index contributed by atoms with van der Waals surface area (Å²) in [5, 5.41) is 0. The third-order valence-corrected chi connectivity index (χ3v) is 3.01. The Labute approximate surface area is 89.1 Å². The molecule has 2 rings (SSSR count). The fraction of sp³-hybridized carbons (Fsp3) is 0.545. The second-order valence-electron chi connectivity index (χ2n) is 4.21. The van der Waals surface area contributed by atoms with Crippen LogP contribution >= 0.6 is 0 Å². The molecule has 4 heteroatoms. The van der Waals surface area contributed by atoms with Crippen molar-refractivity contribution in [1.82, 2.24) is 4.98 Å². The summed E-state index contributed by atoms with van der Waals surface area (Å²) in [4.78, 5) is 6.23. The van der Waals surface area contributed by atoms with E-state index in [1.54, 1.807) is 6.07 Å². The molecule has 1 aromatic heterocycles. The van der Waals surface area contributed by atoms with Crippen LogP contribution in [0.25, 0.3) is 0 Å². The Morgan fingerprint density at radius 2 is 2.33 bits per heavy atom. The van der Waals surface area contributed by atoms with Crippen molar-refractivity contribution < 1.29 is 4.39 Å². The van der Waals surface area contributed by atoms with Crippen molar-refractivity contribution in [2.45, 2.75) is 19.4 Å². The maximum Gasteiger partial charge on any atom is 0.141 e. The zero-order valence-corrected chi connectivity index (χ0v) is 8.86. The molecule has 82 valence electrons. The highest BCUT2D eigenvalue weighted by Gasteiger charge is 2.23. The second-order valence-corrected chi connectivity index (χ2v) is 4.21. The van der Waals surface area contributed by atoms with Gasteiger partial charge in [-0.1, -0.05) is 6.92 Å². The van der Waals surface area contributed by atoms with Gasteiger partial charge in [0.2, 0.25) is 0 Å². The minimum atomic E-state index is -0.291. The minimum Gasteiger partial charge on any atom is -0.356 e. The Morgan fingerprint density at radius 1 is 1.53 bits per heavy atom. The predicted octanol–water partition coefficient (Wildman–Crippen LogP) is 1.39. The monoisotopic (exact) mass is 209 g/mol. The van der Waals surface area contributed by atoms with Crippen LogP contribution in [0.1, 0.15) is 13.3 Å². The van der Waals surface area contributed by atoms with Gasteiger partial charge in [0.1, 0.15) is 11.6 Å². The van der Waals surface area contributed by atoms with Gasteiger partial charge in [-0.25, -0.2) is 9.37 Å². The molecule has 1 saturated heterocycles. The third kappa shape index (κ3) is 2.26. The van der Waals surface area contributed by atoms with E-state index in [0.29, 0.717) is 5.92 Å². The van der Waals surface area contributed by atoms with Gasteiger partial charge in [0.15, 0.2) is 0 Å². The number of aromatic nitrogens is 1. The van der Waals surface area contributed by atoms with Crippen LogP contribution in [0.15, 0.2) is 18.3 Å². The van der Waals surface area contributed by atoms with Crippen molar-refractivity contribution >= 4 is 5.82 Å². The normalized spacial score (nSPS) is 26.7. The fourth-order valence-corrected chi connectivity index (χ4v) is 1.93. The lowest BCUT2D eigenvalue weighted by molar-refractivity contribution is 0.381. The van der Waals surface area contributed by atoms with E-state index in [-0.39, 0.29) is 11.9 Å². The van der Waals surface area contributed by atoms with E-state index in [1.165, 1.54) is 12.3 Å². The number of rotatable bonds is 1. The van der Waals surface area contributed by atoms with E-state index in [4.69, 9.17) is 5.73 Å². The number of piperidine rings is 1. The van der Waals surface area contributed by atoms with Crippen molar-refractivity contribution in [3.63, 3.8) is 0 Å². The molecule has 2 unspecified atom stereocenters. The number of nitrogens with two attached hydrogens (primary N) is 1. The highest BCUT2D eigenvalue weighted by atomic mass is 19.1. The van der Waals surface area contributed by atoms with Gasteiger partial charge in [-0.2, -0.15) is 0 Å². The lowest BCUT2D eigenvalue weighted by Crippen LogP contribution is -2.46. The molecule has 0 aliphatic carbocycles. The van der Waals surface area contributed by atoms with Gasteiger partial charge in [0.05, 0.1) is 6.20 Å². The molecule has 0 bridgehead atoms.